The molecule has 0 aliphatic carbocycles. The van der Waals surface area contributed by atoms with Crippen LogP contribution in [0.25, 0.3) is 0 Å². The van der Waals surface area contributed by atoms with Gasteiger partial charge in [0, 0.05) is 21.7 Å². The number of nitrogens with two attached hydrogens (primary N) is 1. The largest absolute Gasteiger partial charge is 0.351 e. The van der Waals surface area contributed by atoms with Crippen LogP contribution in [0.3, 0.4) is 0 Å². The molecule has 0 atom stereocenters. The number of hydrogen-bond donors (Lipinski definition) is 2. The van der Waals surface area contributed by atoms with Crippen molar-refractivity contribution in [1.82, 2.24) is 5.32 Å². The molecule has 3 N–H and O–H groups in total. The van der Waals surface area contributed by atoms with E-state index in [1.165, 1.54) is 9.75 Å². The fraction of sp³-hybridized carbons (Fsp3) is 0.583. The minimum Gasteiger partial charge on any atom is -0.351 e. The molecule has 1 rings (SSSR count). The standard InChI is InChI=1S/C12H20N2OS/c1-4-9-5-6-10(16-9)8-14-11(15)7-12(2,3)13/h5-6H,4,7-8,13H2,1-3H3,(H,14,15). The summed E-state index contributed by atoms with van der Waals surface area (Å²) in [6.07, 6.45) is 1.41. The molecule has 4 heteroatoms. The predicted octanol–water partition coefficient (Wildman–Crippen LogP) is 2.05. The molecule has 16 heavy (non-hydrogen) atoms. The van der Waals surface area contributed by atoms with Gasteiger partial charge in [-0.25, -0.2) is 0 Å². The Kier molecular flexibility index (Phi) is 4.50. The van der Waals surface area contributed by atoms with Crippen LogP contribution >= 0.6 is 11.3 Å². The molecule has 0 aromatic carbocycles. The molecule has 0 aliphatic heterocycles. The van der Waals surface area contributed by atoms with E-state index in [0.717, 1.165) is 6.42 Å². The number of rotatable bonds is 5. The second-order valence-electron chi connectivity index (χ2n) is 4.66. The molecule has 0 radical (unpaired) electrons. The van der Waals surface area contributed by atoms with E-state index in [2.05, 4.69) is 24.4 Å². The summed E-state index contributed by atoms with van der Waals surface area (Å²) < 4.78 is 0. The maximum Gasteiger partial charge on any atom is 0.222 e. The minimum absolute atomic E-state index is 0.0129. The first-order valence-corrected chi connectivity index (χ1v) is 6.35. The molecule has 0 saturated carbocycles. The molecular formula is C12H20N2OS. The van der Waals surface area contributed by atoms with E-state index in [1.54, 1.807) is 11.3 Å². The normalized spacial score (nSPS) is 11.5. The molecule has 0 bridgehead atoms. The Labute approximate surface area is 101 Å². The molecule has 0 saturated heterocycles. The van der Waals surface area contributed by atoms with Gasteiger partial charge in [0.05, 0.1) is 6.54 Å². The van der Waals surface area contributed by atoms with Gasteiger partial charge in [-0.1, -0.05) is 6.92 Å². The summed E-state index contributed by atoms with van der Waals surface area (Å²) >= 11 is 1.75. The quantitative estimate of drug-likeness (QED) is 0.827. The number of carbonyl (C=O) groups is 1. The van der Waals surface area contributed by atoms with Crippen LogP contribution in [-0.4, -0.2) is 11.4 Å². The van der Waals surface area contributed by atoms with Crippen molar-refractivity contribution in [2.24, 2.45) is 5.73 Å². The first-order valence-electron chi connectivity index (χ1n) is 5.54. The highest BCUT2D eigenvalue weighted by molar-refractivity contribution is 7.11. The highest BCUT2D eigenvalue weighted by atomic mass is 32.1. The zero-order chi connectivity index (χ0) is 12.2. The Morgan fingerprint density at radius 2 is 2.06 bits per heavy atom. The van der Waals surface area contributed by atoms with Crippen LogP contribution in [0.1, 0.15) is 36.9 Å². The van der Waals surface area contributed by atoms with Crippen molar-refractivity contribution < 1.29 is 4.79 Å². The van der Waals surface area contributed by atoms with Crippen LogP contribution in [0.4, 0.5) is 0 Å². The monoisotopic (exact) mass is 240 g/mol. The smallest absolute Gasteiger partial charge is 0.222 e. The molecule has 0 unspecified atom stereocenters. The molecule has 0 spiro atoms. The lowest BCUT2D eigenvalue weighted by atomic mass is 10.0. The molecule has 1 aromatic rings. The number of aryl methyl sites for hydroxylation is 1. The SMILES string of the molecule is CCc1ccc(CNC(=O)CC(C)(C)N)s1. The number of thiophene rings is 1. The summed E-state index contributed by atoms with van der Waals surface area (Å²) in [6, 6.07) is 4.18. The maximum atomic E-state index is 11.5. The fourth-order valence-corrected chi connectivity index (χ4v) is 2.27. The average Bonchev–Trinajstić information content (AvgIpc) is 2.59. The summed E-state index contributed by atoms with van der Waals surface area (Å²) in [6.45, 7) is 6.45. The van der Waals surface area contributed by atoms with E-state index in [4.69, 9.17) is 5.73 Å². The first-order chi connectivity index (χ1) is 7.40. The second kappa shape index (κ2) is 5.46. The van der Waals surface area contributed by atoms with E-state index in [9.17, 15) is 4.79 Å². The van der Waals surface area contributed by atoms with Gasteiger partial charge in [-0.3, -0.25) is 4.79 Å². The summed E-state index contributed by atoms with van der Waals surface area (Å²) in [5, 5.41) is 2.88. The molecule has 0 aliphatic rings. The van der Waals surface area contributed by atoms with E-state index in [-0.39, 0.29) is 5.91 Å². The van der Waals surface area contributed by atoms with Gasteiger partial charge >= 0.3 is 0 Å². The number of amides is 1. The Bertz CT molecular complexity index is 352. The van der Waals surface area contributed by atoms with Gasteiger partial charge in [0.2, 0.25) is 5.91 Å². The van der Waals surface area contributed by atoms with E-state index >= 15 is 0 Å². The van der Waals surface area contributed by atoms with Crippen molar-refractivity contribution in [1.29, 1.82) is 0 Å². The third-order valence-electron chi connectivity index (χ3n) is 2.14. The van der Waals surface area contributed by atoms with Crippen molar-refractivity contribution in [2.75, 3.05) is 0 Å². The molecule has 1 heterocycles. The van der Waals surface area contributed by atoms with Crippen molar-refractivity contribution in [3.8, 4) is 0 Å². The predicted molar refractivity (Wildman–Crippen MR) is 68.4 cm³/mol. The van der Waals surface area contributed by atoms with Gasteiger partial charge in [-0.05, 0) is 32.4 Å². The Morgan fingerprint density at radius 1 is 1.44 bits per heavy atom. The lowest BCUT2D eigenvalue weighted by molar-refractivity contribution is -0.122. The van der Waals surface area contributed by atoms with Crippen molar-refractivity contribution in [2.45, 2.75) is 45.7 Å². The van der Waals surface area contributed by atoms with Gasteiger partial charge < -0.3 is 11.1 Å². The zero-order valence-corrected chi connectivity index (χ0v) is 11.0. The first kappa shape index (κ1) is 13.2. The van der Waals surface area contributed by atoms with Gasteiger partial charge in [0.25, 0.3) is 0 Å². The molecule has 0 fully saturated rings. The van der Waals surface area contributed by atoms with Crippen molar-refractivity contribution >= 4 is 17.2 Å². The zero-order valence-electron chi connectivity index (χ0n) is 10.2. The highest BCUT2D eigenvalue weighted by Crippen LogP contribution is 2.16. The number of hydrogen-bond acceptors (Lipinski definition) is 3. The van der Waals surface area contributed by atoms with E-state index in [0.29, 0.717) is 13.0 Å². The molecular weight excluding hydrogens is 220 g/mol. The van der Waals surface area contributed by atoms with Crippen LogP contribution in [0.5, 0.6) is 0 Å². The van der Waals surface area contributed by atoms with Crippen LogP contribution in [0.2, 0.25) is 0 Å². The molecule has 90 valence electrons. The van der Waals surface area contributed by atoms with Gasteiger partial charge in [-0.2, -0.15) is 0 Å². The Morgan fingerprint density at radius 3 is 2.56 bits per heavy atom. The lowest BCUT2D eigenvalue weighted by Gasteiger charge is -2.17. The van der Waals surface area contributed by atoms with Crippen LogP contribution in [-0.2, 0) is 17.8 Å². The number of carbonyl (C=O) groups excluding carboxylic acids is 1. The van der Waals surface area contributed by atoms with Crippen LogP contribution in [0, 0.1) is 0 Å². The van der Waals surface area contributed by atoms with Crippen molar-refractivity contribution in [3.63, 3.8) is 0 Å². The summed E-state index contributed by atoms with van der Waals surface area (Å²) in [4.78, 5) is 14.1. The van der Waals surface area contributed by atoms with Crippen molar-refractivity contribution in [3.05, 3.63) is 21.9 Å². The lowest BCUT2D eigenvalue weighted by Crippen LogP contribution is -2.38. The van der Waals surface area contributed by atoms with Crippen LogP contribution in [0.15, 0.2) is 12.1 Å². The fourth-order valence-electron chi connectivity index (χ4n) is 1.37. The third kappa shape index (κ3) is 4.77. The molecule has 1 amide bonds. The second-order valence-corrected chi connectivity index (χ2v) is 5.92. The molecule has 1 aromatic heterocycles. The third-order valence-corrected chi connectivity index (χ3v) is 3.37. The van der Waals surface area contributed by atoms with E-state index in [1.807, 2.05) is 13.8 Å². The summed E-state index contributed by atoms with van der Waals surface area (Å²) in [5.41, 5.74) is 5.34. The molecule has 3 nitrogen and oxygen atoms in total. The summed E-state index contributed by atoms with van der Waals surface area (Å²) in [7, 11) is 0. The maximum absolute atomic E-state index is 11.5. The number of nitrogens with one attached hydrogen (secondary N) is 1. The Hall–Kier alpha value is -0.870. The van der Waals surface area contributed by atoms with Crippen LogP contribution < -0.4 is 11.1 Å². The minimum atomic E-state index is -0.436. The van der Waals surface area contributed by atoms with E-state index < -0.39 is 5.54 Å². The van der Waals surface area contributed by atoms with Gasteiger partial charge in [-0.15, -0.1) is 11.3 Å². The average molecular weight is 240 g/mol. The topological polar surface area (TPSA) is 55.1 Å². The summed E-state index contributed by atoms with van der Waals surface area (Å²) in [5.74, 6) is 0.0129. The highest BCUT2D eigenvalue weighted by Gasteiger charge is 2.15. The van der Waals surface area contributed by atoms with Gasteiger partial charge in [0.1, 0.15) is 0 Å². The Balaban J connectivity index is 2.37. The van der Waals surface area contributed by atoms with Gasteiger partial charge in [0.15, 0.2) is 0 Å².